The number of carbonyl (C=O) groups excluding carboxylic acids is 1. The molecule has 5 nitrogen and oxygen atoms in total. The molecule has 1 aromatic heterocycles. The summed E-state index contributed by atoms with van der Waals surface area (Å²) < 4.78 is 27.3. The minimum atomic E-state index is -3.69. The average molecular weight is 400 g/mol. The number of nitrogens with zero attached hydrogens (tertiary/aromatic N) is 2. The molecule has 0 spiro atoms. The first kappa shape index (κ1) is 16.1. The van der Waals surface area contributed by atoms with Gasteiger partial charge in [-0.2, -0.15) is 9.30 Å². The van der Waals surface area contributed by atoms with Gasteiger partial charge in [0.15, 0.2) is 0 Å². The Hall–Kier alpha value is -0.240. The van der Waals surface area contributed by atoms with Crippen molar-refractivity contribution in [1.82, 2.24) is 4.31 Å². The fraction of sp³-hybridized carbons (Fsp3) is 0.545. The molecular formula is C11H12BrClN2O3S2. The molecule has 1 saturated heterocycles. The van der Waals surface area contributed by atoms with Gasteiger partial charge in [0.1, 0.15) is 10.4 Å². The molecule has 1 aliphatic heterocycles. The molecule has 2 heterocycles. The number of isocyanates is 1. The third-order valence-corrected chi connectivity index (χ3v) is 7.88. The molecule has 1 atom stereocenters. The molecule has 2 rings (SSSR count). The van der Waals surface area contributed by atoms with E-state index in [2.05, 4.69) is 20.9 Å². The van der Waals surface area contributed by atoms with Crippen molar-refractivity contribution in [2.45, 2.75) is 36.1 Å². The van der Waals surface area contributed by atoms with Gasteiger partial charge in [-0.25, -0.2) is 13.2 Å². The molecule has 1 aliphatic rings. The van der Waals surface area contributed by atoms with E-state index >= 15 is 0 Å². The molecule has 0 aliphatic carbocycles. The largest absolute Gasteiger partial charge is 0.254 e. The molecule has 0 radical (unpaired) electrons. The van der Waals surface area contributed by atoms with E-state index in [0.29, 0.717) is 21.8 Å². The van der Waals surface area contributed by atoms with Gasteiger partial charge in [0.2, 0.25) is 6.08 Å². The normalized spacial score (nSPS) is 21.2. The lowest BCUT2D eigenvalue weighted by atomic mass is 10.2. The van der Waals surface area contributed by atoms with Crippen LogP contribution < -0.4 is 0 Å². The molecule has 9 heteroatoms. The Labute approximate surface area is 134 Å². The molecule has 110 valence electrons. The summed E-state index contributed by atoms with van der Waals surface area (Å²) in [5, 5.41) is 0.360. The summed E-state index contributed by atoms with van der Waals surface area (Å²) >= 11 is 10.2. The van der Waals surface area contributed by atoms with Crippen LogP contribution in [0.1, 0.15) is 25.7 Å². The van der Waals surface area contributed by atoms with Gasteiger partial charge in [-0.3, -0.25) is 0 Å². The van der Waals surface area contributed by atoms with Crippen molar-refractivity contribution in [3.05, 3.63) is 14.9 Å². The van der Waals surface area contributed by atoms with Crippen LogP contribution in [0, 0.1) is 0 Å². The summed E-state index contributed by atoms with van der Waals surface area (Å²) in [6.07, 6.45) is 3.86. The molecular weight excluding hydrogens is 388 g/mol. The lowest BCUT2D eigenvalue weighted by molar-refractivity contribution is 0.331. The van der Waals surface area contributed by atoms with Crippen LogP contribution in [0.15, 0.2) is 19.1 Å². The predicted octanol–water partition coefficient (Wildman–Crippen LogP) is 3.39. The zero-order valence-electron chi connectivity index (χ0n) is 10.4. The summed E-state index contributed by atoms with van der Waals surface area (Å²) in [5.74, 6) is 0. The SMILES string of the molecule is O=C=NC1CCCCCN1S(=O)(=O)c1cc(Cl)c(Br)s1. The van der Waals surface area contributed by atoms with Gasteiger partial charge in [-0.15, -0.1) is 11.3 Å². The van der Waals surface area contributed by atoms with Crippen molar-refractivity contribution >= 4 is 55.0 Å². The van der Waals surface area contributed by atoms with E-state index < -0.39 is 16.2 Å². The quantitative estimate of drug-likeness (QED) is 0.578. The van der Waals surface area contributed by atoms with E-state index in [0.717, 1.165) is 30.6 Å². The summed E-state index contributed by atoms with van der Waals surface area (Å²) in [6, 6.07) is 1.41. The highest BCUT2D eigenvalue weighted by atomic mass is 79.9. The number of halogens is 2. The number of hydrogen-bond donors (Lipinski definition) is 0. The van der Waals surface area contributed by atoms with Crippen molar-refractivity contribution in [3.63, 3.8) is 0 Å². The van der Waals surface area contributed by atoms with Crippen LogP contribution in [0.5, 0.6) is 0 Å². The molecule has 20 heavy (non-hydrogen) atoms. The maximum absolute atomic E-state index is 12.7. The van der Waals surface area contributed by atoms with Gasteiger partial charge in [0.05, 0.1) is 8.81 Å². The van der Waals surface area contributed by atoms with Crippen LogP contribution in [0.4, 0.5) is 0 Å². The second-order valence-electron chi connectivity index (χ2n) is 4.35. The van der Waals surface area contributed by atoms with Crippen LogP contribution in [0.2, 0.25) is 5.02 Å². The summed E-state index contributed by atoms with van der Waals surface area (Å²) in [4.78, 5) is 14.2. The van der Waals surface area contributed by atoms with Crippen LogP contribution in [-0.4, -0.2) is 31.5 Å². The Bertz CT molecular complexity index is 621. The van der Waals surface area contributed by atoms with Crippen LogP contribution in [0.25, 0.3) is 0 Å². The molecule has 0 amide bonds. The predicted molar refractivity (Wildman–Crippen MR) is 81.3 cm³/mol. The Kier molecular flexibility index (Phi) is 5.39. The number of rotatable bonds is 3. The van der Waals surface area contributed by atoms with E-state index in [9.17, 15) is 13.2 Å². The number of hydrogen-bond acceptors (Lipinski definition) is 5. The average Bonchev–Trinajstić information content (AvgIpc) is 2.63. The second kappa shape index (κ2) is 6.68. The maximum atomic E-state index is 12.7. The highest BCUT2D eigenvalue weighted by Gasteiger charge is 2.34. The number of sulfonamides is 1. The van der Waals surface area contributed by atoms with E-state index in [1.165, 1.54) is 16.5 Å². The van der Waals surface area contributed by atoms with E-state index in [1.807, 2.05) is 0 Å². The zero-order valence-corrected chi connectivity index (χ0v) is 14.4. The maximum Gasteiger partial charge on any atom is 0.254 e. The standard InChI is InChI=1S/C11H12BrClN2O3S2/c12-11-8(13)6-10(19-11)20(17,18)15-5-3-1-2-4-9(15)14-7-16/h6,9H,1-5H2. The Morgan fingerprint density at radius 3 is 2.80 bits per heavy atom. The van der Waals surface area contributed by atoms with E-state index in [-0.39, 0.29) is 4.21 Å². The van der Waals surface area contributed by atoms with Gasteiger partial charge in [0, 0.05) is 6.54 Å². The van der Waals surface area contributed by atoms with E-state index in [1.54, 1.807) is 0 Å². The Balaban J connectivity index is 2.41. The molecule has 0 N–H and O–H groups in total. The van der Waals surface area contributed by atoms with Crippen LogP contribution >= 0.6 is 38.9 Å². The lowest BCUT2D eigenvalue weighted by Gasteiger charge is -2.24. The monoisotopic (exact) mass is 398 g/mol. The molecule has 1 unspecified atom stereocenters. The van der Waals surface area contributed by atoms with Crippen molar-refractivity contribution in [1.29, 1.82) is 0 Å². The first-order valence-electron chi connectivity index (χ1n) is 6.00. The van der Waals surface area contributed by atoms with Gasteiger partial charge in [-0.1, -0.05) is 18.0 Å². The lowest BCUT2D eigenvalue weighted by Crippen LogP contribution is -2.38. The first-order valence-corrected chi connectivity index (χ1v) is 9.43. The van der Waals surface area contributed by atoms with Crippen LogP contribution in [0.3, 0.4) is 0 Å². The van der Waals surface area contributed by atoms with Crippen molar-refractivity contribution in [3.8, 4) is 0 Å². The Morgan fingerprint density at radius 1 is 1.45 bits per heavy atom. The van der Waals surface area contributed by atoms with Crippen molar-refractivity contribution < 1.29 is 13.2 Å². The third-order valence-electron chi connectivity index (χ3n) is 3.06. The second-order valence-corrected chi connectivity index (χ2v) is 9.25. The van der Waals surface area contributed by atoms with Gasteiger partial charge in [-0.05, 0) is 41.3 Å². The van der Waals surface area contributed by atoms with Gasteiger partial charge in [0.25, 0.3) is 10.0 Å². The zero-order chi connectivity index (χ0) is 14.8. The fourth-order valence-electron chi connectivity index (χ4n) is 2.10. The third kappa shape index (κ3) is 3.32. The fourth-order valence-corrected chi connectivity index (χ4v) is 6.23. The summed E-state index contributed by atoms with van der Waals surface area (Å²) in [5.41, 5.74) is 0. The van der Waals surface area contributed by atoms with Crippen LogP contribution in [-0.2, 0) is 14.8 Å². The smallest absolute Gasteiger partial charge is 0.211 e. The molecule has 1 fully saturated rings. The number of aliphatic imine (C=N–C) groups is 1. The summed E-state index contributed by atoms with van der Waals surface area (Å²) in [6.45, 7) is 0.352. The van der Waals surface area contributed by atoms with Gasteiger partial charge >= 0.3 is 0 Å². The molecule has 0 saturated carbocycles. The minimum Gasteiger partial charge on any atom is -0.211 e. The molecule has 1 aromatic rings. The van der Waals surface area contributed by atoms with Crippen molar-refractivity contribution in [2.24, 2.45) is 4.99 Å². The number of thiophene rings is 1. The minimum absolute atomic E-state index is 0.155. The first-order chi connectivity index (χ1) is 9.46. The van der Waals surface area contributed by atoms with E-state index in [4.69, 9.17) is 11.6 Å². The summed E-state index contributed by atoms with van der Waals surface area (Å²) in [7, 11) is -3.69. The molecule has 0 aromatic carbocycles. The highest BCUT2D eigenvalue weighted by molar-refractivity contribution is 9.11. The highest BCUT2D eigenvalue weighted by Crippen LogP contribution is 2.37. The van der Waals surface area contributed by atoms with Crippen molar-refractivity contribution in [2.75, 3.05) is 6.54 Å². The molecule has 0 bridgehead atoms. The topological polar surface area (TPSA) is 66.8 Å². The van der Waals surface area contributed by atoms with Gasteiger partial charge < -0.3 is 0 Å². The Morgan fingerprint density at radius 2 is 2.20 bits per heavy atom.